The van der Waals surface area contributed by atoms with E-state index in [1.54, 1.807) is 0 Å². The molecule has 0 radical (unpaired) electrons. The van der Waals surface area contributed by atoms with Gasteiger partial charge in [0.15, 0.2) is 0 Å². The Morgan fingerprint density at radius 1 is 1.27 bits per heavy atom. The summed E-state index contributed by atoms with van der Waals surface area (Å²) in [7, 11) is 0. The minimum atomic E-state index is -1.49. The number of carbonyl (C=O) groups excluding carboxylic acids is 1. The fourth-order valence-electron chi connectivity index (χ4n) is 1.04. The minimum Gasteiger partial charge on any atom is -0.475 e. The predicted octanol–water partition coefficient (Wildman–Crippen LogP) is 1.88. The zero-order valence-electron chi connectivity index (χ0n) is 8.03. The van der Waals surface area contributed by atoms with Gasteiger partial charge in [-0.05, 0) is 30.7 Å². The van der Waals surface area contributed by atoms with E-state index in [9.17, 15) is 14.0 Å². The molecule has 15 heavy (non-hydrogen) atoms. The third-order valence-corrected chi connectivity index (χ3v) is 1.81. The molecule has 1 aromatic carbocycles. The number of halogens is 1. The summed E-state index contributed by atoms with van der Waals surface area (Å²) < 4.78 is 12.5. The van der Waals surface area contributed by atoms with E-state index in [1.807, 2.05) is 0 Å². The van der Waals surface area contributed by atoms with Crippen molar-refractivity contribution in [2.24, 2.45) is 0 Å². The van der Waals surface area contributed by atoms with Crippen molar-refractivity contribution in [2.75, 3.05) is 0 Å². The number of hydrogen-bond acceptors (Lipinski definition) is 2. The van der Waals surface area contributed by atoms with Crippen LogP contribution in [0.1, 0.15) is 12.5 Å². The van der Waals surface area contributed by atoms with Gasteiger partial charge in [0.05, 0.1) is 0 Å². The molecule has 0 amide bonds. The lowest BCUT2D eigenvalue weighted by atomic mass is 10.1. The number of hydrogen-bond donors (Lipinski definition) is 1. The summed E-state index contributed by atoms with van der Waals surface area (Å²) >= 11 is 0. The summed E-state index contributed by atoms with van der Waals surface area (Å²) in [4.78, 5) is 21.3. The highest BCUT2D eigenvalue weighted by molar-refractivity contribution is 6.40. The van der Waals surface area contributed by atoms with Gasteiger partial charge in [-0.3, -0.25) is 4.79 Å². The van der Waals surface area contributed by atoms with Gasteiger partial charge in [0.25, 0.3) is 5.78 Å². The smallest absolute Gasteiger partial charge is 0.376 e. The lowest BCUT2D eigenvalue weighted by Gasteiger charge is -1.96. The van der Waals surface area contributed by atoms with Gasteiger partial charge < -0.3 is 5.11 Å². The van der Waals surface area contributed by atoms with E-state index in [0.717, 1.165) is 0 Å². The summed E-state index contributed by atoms with van der Waals surface area (Å²) in [6.07, 6.45) is 1.40. The van der Waals surface area contributed by atoms with E-state index >= 15 is 0 Å². The van der Waals surface area contributed by atoms with Gasteiger partial charge in [0, 0.05) is 5.57 Å². The largest absolute Gasteiger partial charge is 0.475 e. The molecule has 0 saturated heterocycles. The standard InChI is InChI=1S/C11H9FO3/c1-7(10(13)11(14)15)6-8-2-4-9(12)5-3-8/h2-6H,1H3,(H,14,15)/b7-6+. The van der Waals surface area contributed by atoms with Crippen LogP contribution in [-0.2, 0) is 9.59 Å². The fraction of sp³-hybridized carbons (Fsp3) is 0.0909. The first-order chi connectivity index (χ1) is 7.00. The summed E-state index contributed by atoms with van der Waals surface area (Å²) in [5.74, 6) is -2.83. The number of carboxylic acids is 1. The van der Waals surface area contributed by atoms with Gasteiger partial charge in [-0.1, -0.05) is 12.1 Å². The average molecular weight is 208 g/mol. The molecule has 4 heteroatoms. The van der Waals surface area contributed by atoms with E-state index in [-0.39, 0.29) is 11.4 Å². The molecule has 0 bridgehead atoms. The topological polar surface area (TPSA) is 54.4 Å². The Hall–Kier alpha value is -1.97. The van der Waals surface area contributed by atoms with Crippen LogP contribution in [0.4, 0.5) is 4.39 Å². The molecule has 0 saturated carbocycles. The lowest BCUT2D eigenvalue weighted by molar-refractivity contribution is -0.147. The maximum atomic E-state index is 12.5. The third-order valence-electron chi connectivity index (χ3n) is 1.81. The van der Waals surface area contributed by atoms with Crippen LogP contribution in [0.3, 0.4) is 0 Å². The molecule has 3 nitrogen and oxygen atoms in total. The second-order valence-electron chi connectivity index (χ2n) is 3.01. The van der Waals surface area contributed by atoms with Crippen LogP contribution >= 0.6 is 0 Å². The Bertz CT molecular complexity index is 418. The van der Waals surface area contributed by atoms with E-state index in [2.05, 4.69) is 0 Å². The normalized spacial score (nSPS) is 11.2. The Morgan fingerprint density at radius 3 is 2.27 bits per heavy atom. The molecule has 0 aromatic heterocycles. The maximum Gasteiger partial charge on any atom is 0.376 e. The highest BCUT2D eigenvalue weighted by Gasteiger charge is 2.12. The zero-order chi connectivity index (χ0) is 11.4. The second kappa shape index (κ2) is 4.50. The molecule has 0 aliphatic heterocycles. The molecule has 0 spiro atoms. The average Bonchev–Trinajstić information content (AvgIpc) is 2.20. The minimum absolute atomic E-state index is 0.106. The van der Waals surface area contributed by atoms with Crippen LogP contribution < -0.4 is 0 Å². The van der Waals surface area contributed by atoms with Crippen molar-refractivity contribution >= 4 is 17.8 Å². The molecular weight excluding hydrogens is 199 g/mol. The summed E-state index contributed by atoms with van der Waals surface area (Å²) in [5, 5.41) is 8.42. The highest BCUT2D eigenvalue weighted by Crippen LogP contribution is 2.08. The van der Waals surface area contributed by atoms with Crippen molar-refractivity contribution in [2.45, 2.75) is 6.92 Å². The zero-order valence-corrected chi connectivity index (χ0v) is 8.03. The van der Waals surface area contributed by atoms with Crippen molar-refractivity contribution in [3.8, 4) is 0 Å². The molecule has 0 fully saturated rings. The first kappa shape index (κ1) is 11.1. The molecular formula is C11H9FO3. The molecule has 78 valence electrons. The molecule has 1 rings (SSSR count). The van der Waals surface area contributed by atoms with E-state index in [4.69, 9.17) is 5.11 Å². The van der Waals surface area contributed by atoms with Crippen LogP contribution in [0.15, 0.2) is 29.8 Å². The Kier molecular flexibility index (Phi) is 3.33. The lowest BCUT2D eigenvalue weighted by Crippen LogP contribution is -2.13. The van der Waals surface area contributed by atoms with Crippen LogP contribution in [0, 0.1) is 5.82 Å². The van der Waals surface area contributed by atoms with Crippen molar-refractivity contribution in [1.82, 2.24) is 0 Å². The molecule has 0 heterocycles. The molecule has 0 unspecified atom stereocenters. The first-order valence-electron chi connectivity index (χ1n) is 4.22. The summed E-state index contributed by atoms with van der Waals surface area (Å²) in [5.41, 5.74) is 0.692. The highest BCUT2D eigenvalue weighted by atomic mass is 19.1. The molecule has 1 aromatic rings. The maximum absolute atomic E-state index is 12.5. The number of benzene rings is 1. The Morgan fingerprint density at radius 2 is 1.80 bits per heavy atom. The van der Waals surface area contributed by atoms with Crippen LogP contribution in [0.25, 0.3) is 6.08 Å². The van der Waals surface area contributed by atoms with E-state index in [1.165, 1.54) is 37.3 Å². The quantitative estimate of drug-likeness (QED) is 0.609. The Labute approximate surface area is 85.8 Å². The number of Topliss-reactive ketones (excluding diaryl/α,β-unsaturated/α-hetero) is 1. The molecule has 1 N–H and O–H groups in total. The van der Waals surface area contributed by atoms with E-state index in [0.29, 0.717) is 5.56 Å². The molecule has 0 aliphatic rings. The van der Waals surface area contributed by atoms with Gasteiger partial charge in [-0.15, -0.1) is 0 Å². The monoisotopic (exact) mass is 208 g/mol. The van der Waals surface area contributed by atoms with Gasteiger partial charge in [0.2, 0.25) is 0 Å². The van der Waals surface area contributed by atoms with Gasteiger partial charge >= 0.3 is 5.97 Å². The Balaban J connectivity index is 2.92. The van der Waals surface area contributed by atoms with Gasteiger partial charge in [-0.2, -0.15) is 0 Å². The van der Waals surface area contributed by atoms with Crippen LogP contribution in [-0.4, -0.2) is 16.9 Å². The van der Waals surface area contributed by atoms with Crippen molar-refractivity contribution in [1.29, 1.82) is 0 Å². The number of ketones is 1. The van der Waals surface area contributed by atoms with Crippen molar-refractivity contribution in [3.05, 3.63) is 41.2 Å². The van der Waals surface area contributed by atoms with Crippen LogP contribution in [0.5, 0.6) is 0 Å². The van der Waals surface area contributed by atoms with Gasteiger partial charge in [-0.25, -0.2) is 9.18 Å². The summed E-state index contributed by atoms with van der Waals surface area (Å²) in [6, 6.07) is 5.41. The van der Waals surface area contributed by atoms with Crippen molar-refractivity contribution in [3.63, 3.8) is 0 Å². The molecule has 0 aliphatic carbocycles. The second-order valence-corrected chi connectivity index (χ2v) is 3.01. The van der Waals surface area contributed by atoms with Gasteiger partial charge in [0.1, 0.15) is 5.82 Å². The van der Waals surface area contributed by atoms with Crippen LogP contribution in [0.2, 0.25) is 0 Å². The predicted molar refractivity (Wildman–Crippen MR) is 52.7 cm³/mol. The molecule has 0 atom stereocenters. The first-order valence-corrected chi connectivity index (χ1v) is 4.22. The SMILES string of the molecule is C/C(=C\c1ccc(F)cc1)C(=O)C(=O)O. The summed E-state index contributed by atoms with van der Waals surface area (Å²) in [6.45, 7) is 1.40. The number of carbonyl (C=O) groups is 2. The van der Waals surface area contributed by atoms with E-state index < -0.39 is 11.8 Å². The van der Waals surface area contributed by atoms with Crippen molar-refractivity contribution < 1.29 is 19.1 Å². The third kappa shape index (κ3) is 3.02. The number of rotatable bonds is 3. The number of aliphatic carboxylic acids is 1. The fourth-order valence-corrected chi connectivity index (χ4v) is 1.04. The number of carboxylic acid groups (broad SMARTS) is 1.